The van der Waals surface area contributed by atoms with Gasteiger partial charge < -0.3 is 5.73 Å². The first kappa shape index (κ1) is 8.00. The van der Waals surface area contributed by atoms with E-state index < -0.39 is 6.03 Å². The van der Waals surface area contributed by atoms with Gasteiger partial charge in [-0.1, -0.05) is 22.5 Å². The van der Waals surface area contributed by atoms with E-state index in [1.165, 1.54) is 6.20 Å². The normalized spacial score (nSPS) is 16.6. The fraction of sp³-hybridized carbons (Fsp3) is 0. The molecule has 0 aromatic heterocycles. The van der Waals surface area contributed by atoms with Gasteiger partial charge in [0.2, 0.25) is 0 Å². The molecule has 1 radical (unpaired) electrons. The summed E-state index contributed by atoms with van der Waals surface area (Å²) in [7, 11) is 0. The number of urea groups is 1. The van der Waals surface area contributed by atoms with E-state index in [4.69, 9.17) is 5.73 Å². The topological polar surface area (TPSA) is 69.5 Å². The second-order valence-corrected chi connectivity index (χ2v) is 2.81. The minimum Gasteiger partial charge on any atom is -0.383 e. The van der Waals surface area contributed by atoms with Gasteiger partial charge in [-0.25, -0.2) is 4.79 Å². The molecule has 1 heterocycles. The van der Waals surface area contributed by atoms with E-state index in [-0.39, 0.29) is 5.84 Å². The van der Waals surface area contributed by atoms with Crippen LogP contribution in [0.15, 0.2) is 27.8 Å². The number of hydrogen-bond donors (Lipinski definition) is 1. The Morgan fingerprint density at radius 2 is 2.36 bits per heavy atom. The van der Waals surface area contributed by atoms with Crippen LogP contribution in [0.2, 0.25) is 0 Å². The molecule has 0 aromatic rings. The molecule has 0 aromatic carbocycles. The lowest BCUT2D eigenvalue weighted by molar-refractivity contribution is 0.251. The molecule has 2 amide bonds. The molecule has 2 N–H and O–H groups in total. The number of halogens is 1. The molecular formula is C6H5BrN3O. The Bertz CT molecular complexity index is 280. The maximum Gasteiger partial charge on any atom is 0.368 e. The third-order valence-corrected chi connectivity index (χ3v) is 1.52. The smallest absolute Gasteiger partial charge is 0.368 e. The van der Waals surface area contributed by atoms with Crippen molar-refractivity contribution >= 4 is 27.8 Å². The largest absolute Gasteiger partial charge is 0.383 e. The zero-order chi connectivity index (χ0) is 8.43. The van der Waals surface area contributed by atoms with Crippen LogP contribution < -0.4 is 11.1 Å². The van der Waals surface area contributed by atoms with Crippen molar-refractivity contribution in [3.05, 3.63) is 22.8 Å². The molecule has 0 saturated heterocycles. The summed E-state index contributed by atoms with van der Waals surface area (Å²) in [5.74, 6) is 0.145. The Morgan fingerprint density at radius 1 is 1.73 bits per heavy atom. The molecule has 4 nitrogen and oxygen atoms in total. The zero-order valence-electron chi connectivity index (χ0n) is 5.54. The van der Waals surface area contributed by atoms with Crippen molar-refractivity contribution in [1.29, 1.82) is 0 Å². The summed E-state index contributed by atoms with van der Waals surface area (Å²) in [6, 6.07) is -0.583. The van der Waals surface area contributed by atoms with Gasteiger partial charge in [0, 0.05) is 16.3 Å². The number of hydrogen-bond acceptors (Lipinski definition) is 2. The Balaban J connectivity index is 2.94. The lowest BCUT2D eigenvalue weighted by Gasteiger charge is -2.07. The van der Waals surface area contributed by atoms with E-state index in [2.05, 4.69) is 32.8 Å². The summed E-state index contributed by atoms with van der Waals surface area (Å²) in [6.45, 7) is 3.57. The molecule has 0 bridgehead atoms. The number of aliphatic imine (C=N–C) groups is 1. The van der Waals surface area contributed by atoms with Gasteiger partial charge in [0.1, 0.15) is 5.84 Å². The Morgan fingerprint density at radius 3 is 2.82 bits per heavy atom. The predicted molar refractivity (Wildman–Crippen MR) is 45.3 cm³/mol. The molecule has 0 fully saturated rings. The Hall–Kier alpha value is -1.10. The summed E-state index contributed by atoms with van der Waals surface area (Å²) in [5.41, 5.74) is 5.93. The molecule has 0 atom stereocenters. The van der Waals surface area contributed by atoms with Crippen LogP contribution in [0.4, 0.5) is 4.79 Å². The van der Waals surface area contributed by atoms with Crippen molar-refractivity contribution in [2.75, 3.05) is 0 Å². The first-order chi connectivity index (χ1) is 5.11. The molecule has 0 unspecified atom stereocenters. The number of nitrogens with two attached hydrogens (primary N) is 1. The van der Waals surface area contributed by atoms with E-state index in [1.54, 1.807) is 0 Å². The summed E-state index contributed by atoms with van der Waals surface area (Å²) in [6.07, 6.45) is 1.34. The number of amidine groups is 1. The van der Waals surface area contributed by atoms with Crippen LogP contribution >= 0.6 is 15.9 Å². The molecule has 0 aliphatic carbocycles. The van der Waals surface area contributed by atoms with Crippen LogP contribution in [-0.2, 0) is 0 Å². The van der Waals surface area contributed by atoms with Crippen LogP contribution in [0.3, 0.4) is 0 Å². The van der Waals surface area contributed by atoms with Gasteiger partial charge in [-0.3, -0.25) is 0 Å². The highest BCUT2D eigenvalue weighted by Crippen LogP contribution is 2.15. The number of rotatable bonds is 1. The number of amides is 2. The van der Waals surface area contributed by atoms with Crippen LogP contribution in [0.25, 0.3) is 0 Å². The van der Waals surface area contributed by atoms with E-state index in [1.807, 2.05) is 0 Å². The zero-order valence-corrected chi connectivity index (χ0v) is 7.13. The second kappa shape index (κ2) is 2.87. The first-order valence-electron chi connectivity index (χ1n) is 2.75. The van der Waals surface area contributed by atoms with Crippen LogP contribution in [0.5, 0.6) is 0 Å². The monoisotopic (exact) mass is 214 g/mol. The molecule has 11 heavy (non-hydrogen) atoms. The van der Waals surface area contributed by atoms with Crippen molar-refractivity contribution < 1.29 is 4.79 Å². The Labute approximate surface area is 72.0 Å². The number of carbonyl (C=O) groups is 1. The van der Waals surface area contributed by atoms with Crippen LogP contribution in [0, 0.1) is 0 Å². The van der Waals surface area contributed by atoms with Gasteiger partial charge in [-0.05, 0) is 0 Å². The summed E-state index contributed by atoms with van der Waals surface area (Å²) in [5, 5.41) is 3.42. The summed E-state index contributed by atoms with van der Waals surface area (Å²) in [4.78, 5) is 13.9. The molecule has 0 spiro atoms. The molecule has 5 heteroatoms. The van der Waals surface area contributed by atoms with Crippen molar-refractivity contribution in [2.24, 2.45) is 10.7 Å². The van der Waals surface area contributed by atoms with Crippen LogP contribution in [-0.4, -0.2) is 11.9 Å². The van der Waals surface area contributed by atoms with Gasteiger partial charge in [-0.2, -0.15) is 10.3 Å². The van der Waals surface area contributed by atoms with Gasteiger partial charge in [-0.15, -0.1) is 0 Å². The average Bonchev–Trinajstić information content (AvgIpc) is 1.85. The SMILES string of the molecule is C=C(Br)C1=C[N]C(=O)N=C1N. The molecule has 1 aliphatic rings. The quantitative estimate of drug-likeness (QED) is 0.704. The van der Waals surface area contributed by atoms with Crippen LogP contribution in [0.1, 0.15) is 0 Å². The average molecular weight is 215 g/mol. The Kier molecular flexibility index (Phi) is 2.09. The van der Waals surface area contributed by atoms with E-state index >= 15 is 0 Å². The minimum atomic E-state index is -0.583. The minimum absolute atomic E-state index is 0.145. The van der Waals surface area contributed by atoms with E-state index in [9.17, 15) is 4.79 Å². The summed E-state index contributed by atoms with van der Waals surface area (Å²) >= 11 is 3.10. The second-order valence-electron chi connectivity index (χ2n) is 1.86. The molecule has 1 aliphatic heterocycles. The predicted octanol–water partition coefficient (Wildman–Crippen LogP) is 0.874. The lowest BCUT2D eigenvalue weighted by Crippen LogP contribution is -2.24. The third kappa shape index (κ3) is 1.68. The fourth-order valence-electron chi connectivity index (χ4n) is 0.587. The highest BCUT2D eigenvalue weighted by atomic mass is 79.9. The standard InChI is InChI=1S/C6H5BrN3O/c1-3(7)4-2-9-6(11)10-5(4)8/h2H,1H2,(H2,8,10,11). The molecule has 1 rings (SSSR count). The highest BCUT2D eigenvalue weighted by molar-refractivity contribution is 9.12. The van der Waals surface area contributed by atoms with E-state index in [0.717, 1.165) is 0 Å². The number of carbonyl (C=O) groups excluding carboxylic acids is 1. The maximum atomic E-state index is 10.5. The highest BCUT2D eigenvalue weighted by Gasteiger charge is 2.13. The van der Waals surface area contributed by atoms with Gasteiger partial charge in [0.25, 0.3) is 0 Å². The lowest BCUT2D eigenvalue weighted by atomic mass is 10.2. The van der Waals surface area contributed by atoms with Gasteiger partial charge >= 0.3 is 6.03 Å². The fourth-order valence-corrected chi connectivity index (χ4v) is 0.893. The first-order valence-corrected chi connectivity index (χ1v) is 3.55. The third-order valence-electron chi connectivity index (χ3n) is 1.09. The molecular weight excluding hydrogens is 210 g/mol. The molecule has 0 saturated carbocycles. The van der Waals surface area contributed by atoms with E-state index in [0.29, 0.717) is 10.1 Å². The summed E-state index contributed by atoms with van der Waals surface area (Å²) < 4.78 is 0.565. The van der Waals surface area contributed by atoms with Crippen molar-refractivity contribution in [3.8, 4) is 0 Å². The number of nitrogens with zero attached hydrogens (tertiary/aromatic N) is 2. The maximum absolute atomic E-state index is 10.5. The van der Waals surface area contributed by atoms with Crippen molar-refractivity contribution in [1.82, 2.24) is 5.32 Å². The van der Waals surface area contributed by atoms with Gasteiger partial charge in [0.15, 0.2) is 0 Å². The van der Waals surface area contributed by atoms with Crippen molar-refractivity contribution in [2.45, 2.75) is 0 Å². The van der Waals surface area contributed by atoms with Gasteiger partial charge in [0.05, 0.1) is 0 Å². The molecule has 57 valence electrons. The van der Waals surface area contributed by atoms with Crippen molar-refractivity contribution in [3.63, 3.8) is 0 Å².